The number of thiol groups is 1. The standard InChI is InChI=1S/C8H8FNO2S/c1-12-7-3-2-5(9)4-6(7)10-8(11)13/h2-4H,1H3,(H2,10,11,13). The molecule has 0 saturated heterocycles. The number of carbonyl (C=O) groups excluding carboxylic acids is 1. The fourth-order valence-electron chi connectivity index (χ4n) is 0.893. The van der Waals surface area contributed by atoms with Crippen LogP contribution in [-0.4, -0.2) is 12.3 Å². The molecule has 0 saturated carbocycles. The van der Waals surface area contributed by atoms with Crippen LogP contribution in [0, 0.1) is 5.82 Å². The quantitative estimate of drug-likeness (QED) is 0.720. The van der Waals surface area contributed by atoms with E-state index in [1.807, 2.05) is 0 Å². The number of methoxy groups -OCH3 is 1. The molecule has 5 heteroatoms. The van der Waals surface area contributed by atoms with E-state index in [2.05, 4.69) is 17.9 Å². The normalized spacial score (nSPS) is 9.46. The van der Waals surface area contributed by atoms with E-state index >= 15 is 0 Å². The van der Waals surface area contributed by atoms with E-state index in [0.717, 1.165) is 6.07 Å². The van der Waals surface area contributed by atoms with Crippen LogP contribution in [0.25, 0.3) is 0 Å². The lowest BCUT2D eigenvalue weighted by Crippen LogP contribution is -2.03. The van der Waals surface area contributed by atoms with Crippen LogP contribution in [0.3, 0.4) is 0 Å². The molecule has 1 amide bonds. The lowest BCUT2D eigenvalue weighted by molar-refractivity contribution is 0.270. The van der Waals surface area contributed by atoms with Gasteiger partial charge in [0.15, 0.2) is 0 Å². The molecule has 0 unspecified atom stereocenters. The molecule has 0 fully saturated rings. The van der Waals surface area contributed by atoms with E-state index in [-0.39, 0.29) is 5.69 Å². The number of rotatable bonds is 2. The lowest BCUT2D eigenvalue weighted by Gasteiger charge is -2.07. The molecule has 0 radical (unpaired) electrons. The maximum atomic E-state index is 12.7. The van der Waals surface area contributed by atoms with Gasteiger partial charge >= 0.3 is 0 Å². The monoisotopic (exact) mass is 201 g/mol. The second-order valence-electron chi connectivity index (χ2n) is 2.27. The average molecular weight is 201 g/mol. The second kappa shape index (κ2) is 4.13. The number of nitrogens with one attached hydrogen (secondary N) is 1. The summed E-state index contributed by atoms with van der Waals surface area (Å²) in [6, 6.07) is 3.83. The van der Waals surface area contributed by atoms with Crippen molar-refractivity contribution in [2.45, 2.75) is 0 Å². The summed E-state index contributed by atoms with van der Waals surface area (Å²) in [5.74, 6) is -0.0540. The summed E-state index contributed by atoms with van der Waals surface area (Å²) in [6.45, 7) is 0. The van der Waals surface area contributed by atoms with Gasteiger partial charge in [-0.25, -0.2) is 4.39 Å². The third-order valence-electron chi connectivity index (χ3n) is 1.40. The SMILES string of the molecule is COc1ccc(F)cc1NC(=O)S. The summed E-state index contributed by atoms with van der Waals surface area (Å²) in [4.78, 5) is 10.6. The highest BCUT2D eigenvalue weighted by Gasteiger charge is 2.05. The Balaban J connectivity index is 3.01. The van der Waals surface area contributed by atoms with Gasteiger partial charge in [0.25, 0.3) is 5.24 Å². The zero-order valence-corrected chi connectivity index (χ0v) is 7.77. The van der Waals surface area contributed by atoms with E-state index in [4.69, 9.17) is 4.74 Å². The van der Waals surface area contributed by atoms with Gasteiger partial charge in [0.2, 0.25) is 0 Å². The molecule has 13 heavy (non-hydrogen) atoms. The lowest BCUT2D eigenvalue weighted by atomic mass is 10.3. The van der Waals surface area contributed by atoms with Crippen LogP contribution in [-0.2, 0) is 0 Å². The fourth-order valence-corrected chi connectivity index (χ4v) is 1.01. The minimum absolute atomic E-state index is 0.266. The second-order valence-corrected chi connectivity index (χ2v) is 2.68. The van der Waals surface area contributed by atoms with Crippen LogP contribution in [0.5, 0.6) is 5.75 Å². The summed E-state index contributed by atoms with van der Waals surface area (Å²) in [5, 5.41) is 1.76. The molecule has 1 rings (SSSR count). The molecule has 0 aliphatic carbocycles. The van der Waals surface area contributed by atoms with Crippen molar-refractivity contribution in [1.29, 1.82) is 0 Å². The Labute approximate surface area is 80.3 Å². The number of anilines is 1. The summed E-state index contributed by atoms with van der Waals surface area (Å²) in [5.41, 5.74) is 0.266. The molecule has 0 aliphatic heterocycles. The molecule has 0 bridgehead atoms. The van der Waals surface area contributed by atoms with Gasteiger partial charge in [0.05, 0.1) is 12.8 Å². The number of halogens is 1. The molecule has 70 valence electrons. The van der Waals surface area contributed by atoms with Crippen LogP contribution in [0.2, 0.25) is 0 Å². The van der Waals surface area contributed by atoms with Gasteiger partial charge in [-0.3, -0.25) is 4.79 Å². The predicted molar refractivity (Wildman–Crippen MR) is 51.0 cm³/mol. The number of ether oxygens (including phenoxy) is 1. The molecule has 0 heterocycles. The van der Waals surface area contributed by atoms with Crippen LogP contribution in [0.15, 0.2) is 18.2 Å². The molecular formula is C8H8FNO2S. The topological polar surface area (TPSA) is 38.3 Å². The number of benzene rings is 1. The Morgan fingerprint density at radius 1 is 1.62 bits per heavy atom. The Morgan fingerprint density at radius 3 is 2.85 bits per heavy atom. The highest BCUT2D eigenvalue weighted by molar-refractivity contribution is 7.96. The largest absolute Gasteiger partial charge is 0.495 e. The number of hydrogen-bond acceptors (Lipinski definition) is 2. The smallest absolute Gasteiger partial charge is 0.280 e. The number of carbonyl (C=O) groups is 1. The van der Waals surface area contributed by atoms with E-state index in [9.17, 15) is 9.18 Å². The first kappa shape index (κ1) is 9.85. The van der Waals surface area contributed by atoms with Crippen molar-refractivity contribution in [3.05, 3.63) is 24.0 Å². The van der Waals surface area contributed by atoms with Crippen molar-refractivity contribution in [3.63, 3.8) is 0 Å². The zero-order chi connectivity index (χ0) is 9.84. The minimum Gasteiger partial charge on any atom is -0.495 e. The molecule has 1 aromatic carbocycles. The molecule has 3 nitrogen and oxygen atoms in total. The first-order valence-electron chi connectivity index (χ1n) is 3.47. The van der Waals surface area contributed by atoms with Gasteiger partial charge in [-0.15, -0.1) is 0 Å². The van der Waals surface area contributed by atoms with Gasteiger partial charge < -0.3 is 10.1 Å². The van der Waals surface area contributed by atoms with Gasteiger partial charge in [-0.05, 0) is 12.1 Å². The van der Waals surface area contributed by atoms with Crippen molar-refractivity contribution in [3.8, 4) is 5.75 Å². The first-order chi connectivity index (χ1) is 6.13. The summed E-state index contributed by atoms with van der Waals surface area (Å²) in [7, 11) is 1.43. The molecular weight excluding hydrogens is 193 g/mol. The summed E-state index contributed by atoms with van der Waals surface area (Å²) < 4.78 is 17.6. The highest BCUT2D eigenvalue weighted by Crippen LogP contribution is 2.24. The van der Waals surface area contributed by atoms with Crippen LogP contribution in [0.4, 0.5) is 14.9 Å². The van der Waals surface area contributed by atoms with Crippen molar-refractivity contribution < 1.29 is 13.9 Å². The molecule has 0 aromatic heterocycles. The van der Waals surface area contributed by atoms with Crippen LogP contribution >= 0.6 is 12.6 Å². The molecule has 1 N–H and O–H groups in total. The van der Waals surface area contributed by atoms with Gasteiger partial charge in [-0.2, -0.15) is 0 Å². The predicted octanol–water partition coefficient (Wildman–Crippen LogP) is 2.30. The summed E-state index contributed by atoms with van der Waals surface area (Å²) in [6.07, 6.45) is 0. The van der Waals surface area contributed by atoms with Gasteiger partial charge in [0, 0.05) is 6.07 Å². The average Bonchev–Trinajstić information content (AvgIpc) is 2.03. The Hall–Kier alpha value is -1.23. The fraction of sp³-hybridized carbons (Fsp3) is 0.125. The van der Waals surface area contributed by atoms with Gasteiger partial charge in [-0.1, -0.05) is 12.6 Å². The van der Waals surface area contributed by atoms with Crippen molar-refractivity contribution >= 4 is 23.6 Å². The first-order valence-corrected chi connectivity index (χ1v) is 3.91. The minimum atomic E-state index is -0.566. The van der Waals surface area contributed by atoms with Crippen molar-refractivity contribution in [2.24, 2.45) is 0 Å². The summed E-state index contributed by atoms with van der Waals surface area (Å²) >= 11 is 3.50. The maximum Gasteiger partial charge on any atom is 0.280 e. The molecule has 0 atom stereocenters. The zero-order valence-electron chi connectivity index (χ0n) is 6.87. The third-order valence-corrected chi connectivity index (χ3v) is 1.51. The van der Waals surface area contributed by atoms with E-state index in [1.54, 1.807) is 0 Å². The Kier molecular flexibility index (Phi) is 3.13. The van der Waals surface area contributed by atoms with E-state index in [1.165, 1.54) is 19.2 Å². The highest BCUT2D eigenvalue weighted by atomic mass is 32.1. The molecule has 0 spiro atoms. The third kappa shape index (κ3) is 2.62. The Bertz CT molecular complexity index is 330. The molecule has 0 aliphatic rings. The van der Waals surface area contributed by atoms with E-state index < -0.39 is 11.1 Å². The number of hydrogen-bond donors (Lipinski definition) is 2. The molecule has 1 aromatic rings. The maximum absolute atomic E-state index is 12.7. The van der Waals surface area contributed by atoms with Gasteiger partial charge in [0.1, 0.15) is 11.6 Å². The van der Waals surface area contributed by atoms with Crippen LogP contribution < -0.4 is 10.1 Å². The number of amides is 1. The van der Waals surface area contributed by atoms with Crippen molar-refractivity contribution in [1.82, 2.24) is 0 Å². The van der Waals surface area contributed by atoms with Crippen molar-refractivity contribution in [2.75, 3.05) is 12.4 Å². The van der Waals surface area contributed by atoms with Crippen LogP contribution in [0.1, 0.15) is 0 Å². The van der Waals surface area contributed by atoms with E-state index in [0.29, 0.717) is 5.75 Å². The Morgan fingerprint density at radius 2 is 2.31 bits per heavy atom.